The molecule has 2 heterocycles. The van der Waals surface area contributed by atoms with E-state index in [0.717, 1.165) is 34.1 Å². The van der Waals surface area contributed by atoms with Crippen LogP contribution < -0.4 is 10.6 Å². The Bertz CT molecular complexity index is 945. The molecule has 0 saturated carbocycles. The number of hydrogen-bond donors (Lipinski definition) is 2. The highest BCUT2D eigenvalue weighted by atomic mass is 127. The Morgan fingerprint density at radius 3 is 2.45 bits per heavy atom. The second-order valence-electron chi connectivity index (χ2n) is 7.05. The second kappa shape index (κ2) is 10.4. The molecule has 7 nitrogen and oxygen atoms in total. The Kier molecular flexibility index (Phi) is 8.24. The third kappa shape index (κ3) is 5.59. The van der Waals surface area contributed by atoms with Crippen LogP contribution in [0, 0.1) is 13.8 Å². The summed E-state index contributed by atoms with van der Waals surface area (Å²) < 4.78 is 7.34. The summed E-state index contributed by atoms with van der Waals surface area (Å²) in [6.07, 6.45) is 0. The first-order chi connectivity index (χ1) is 13.5. The van der Waals surface area contributed by atoms with Crippen LogP contribution in [0.2, 0.25) is 0 Å². The maximum Gasteiger partial charge on any atom is 0.191 e. The largest absolute Gasteiger partial charge is 0.359 e. The van der Waals surface area contributed by atoms with Crippen LogP contribution in [-0.4, -0.2) is 27.9 Å². The van der Waals surface area contributed by atoms with Gasteiger partial charge in [-0.1, -0.05) is 37.2 Å². The Hall–Kier alpha value is -2.36. The first-order valence-corrected chi connectivity index (χ1v) is 9.50. The summed E-state index contributed by atoms with van der Waals surface area (Å²) in [6.45, 7) is 9.47. The van der Waals surface area contributed by atoms with Crippen molar-refractivity contribution in [3.63, 3.8) is 0 Å². The van der Waals surface area contributed by atoms with Crippen molar-refractivity contribution in [3.05, 3.63) is 64.8 Å². The van der Waals surface area contributed by atoms with Crippen molar-refractivity contribution in [2.24, 2.45) is 4.99 Å². The van der Waals surface area contributed by atoms with Gasteiger partial charge in [0.25, 0.3) is 0 Å². The molecule has 3 rings (SSSR count). The first-order valence-electron chi connectivity index (χ1n) is 9.50. The van der Waals surface area contributed by atoms with Gasteiger partial charge in [-0.3, -0.25) is 4.99 Å². The van der Waals surface area contributed by atoms with Crippen molar-refractivity contribution < 1.29 is 4.52 Å². The maximum atomic E-state index is 5.37. The highest BCUT2D eigenvalue weighted by Crippen LogP contribution is 2.17. The van der Waals surface area contributed by atoms with E-state index in [1.807, 2.05) is 35.9 Å². The van der Waals surface area contributed by atoms with Crippen LogP contribution in [0.4, 0.5) is 0 Å². The van der Waals surface area contributed by atoms with Gasteiger partial charge in [-0.15, -0.1) is 24.0 Å². The number of rotatable bonds is 6. The van der Waals surface area contributed by atoms with Crippen LogP contribution in [-0.2, 0) is 13.1 Å². The summed E-state index contributed by atoms with van der Waals surface area (Å²) in [7, 11) is 1.75. The zero-order valence-electron chi connectivity index (χ0n) is 17.6. The Morgan fingerprint density at radius 1 is 1.14 bits per heavy atom. The monoisotopic (exact) mass is 508 g/mol. The Labute approximate surface area is 189 Å². The van der Waals surface area contributed by atoms with Crippen molar-refractivity contribution in [2.75, 3.05) is 7.05 Å². The topological polar surface area (TPSA) is 80.3 Å². The molecule has 0 aliphatic carbocycles. The first kappa shape index (κ1) is 22.9. The number of benzene rings is 1. The molecule has 2 N–H and O–H groups in total. The van der Waals surface area contributed by atoms with Gasteiger partial charge in [0.15, 0.2) is 11.7 Å². The molecule has 0 bridgehead atoms. The molecule has 0 saturated heterocycles. The molecule has 1 aromatic carbocycles. The number of hydrogen-bond acceptors (Lipinski definition) is 4. The van der Waals surface area contributed by atoms with Crippen molar-refractivity contribution in [1.29, 1.82) is 0 Å². The van der Waals surface area contributed by atoms with E-state index in [0.29, 0.717) is 25.0 Å². The van der Waals surface area contributed by atoms with Crippen LogP contribution in [0.1, 0.15) is 48.2 Å². The number of para-hydroxylation sites is 1. The van der Waals surface area contributed by atoms with E-state index in [-0.39, 0.29) is 24.0 Å². The third-order valence-electron chi connectivity index (χ3n) is 4.70. The average Bonchev–Trinajstić information content (AvgIpc) is 3.28. The molecular weight excluding hydrogens is 479 g/mol. The molecule has 0 aliphatic rings. The number of aromatic nitrogens is 3. The SMILES string of the molecule is CN=C(NCc1cc(C(C)C)no1)NCc1c(C)nn(-c2ccccc2)c1C.I. The molecule has 8 heteroatoms. The molecule has 29 heavy (non-hydrogen) atoms. The van der Waals surface area contributed by atoms with Gasteiger partial charge in [-0.2, -0.15) is 5.10 Å². The van der Waals surface area contributed by atoms with Crippen LogP contribution >= 0.6 is 24.0 Å². The van der Waals surface area contributed by atoms with E-state index in [4.69, 9.17) is 9.62 Å². The fraction of sp³-hybridized carbons (Fsp3) is 0.381. The zero-order valence-corrected chi connectivity index (χ0v) is 19.9. The Balaban J connectivity index is 0.00000300. The quantitative estimate of drug-likeness (QED) is 0.298. The molecule has 0 spiro atoms. The maximum absolute atomic E-state index is 5.37. The summed E-state index contributed by atoms with van der Waals surface area (Å²) in [5.41, 5.74) is 5.29. The van der Waals surface area contributed by atoms with Gasteiger partial charge in [0, 0.05) is 30.9 Å². The van der Waals surface area contributed by atoms with Gasteiger partial charge in [0.1, 0.15) is 0 Å². The van der Waals surface area contributed by atoms with Crippen molar-refractivity contribution in [2.45, 2.75) is 46.7 Å². The fourth-order valence-corrected chi connectivity index (χ4v) is 3.00. The van der Waals surface area contributed by atoms with Crippen LogP contribution in [0.15, 0.2) is 45.9 Å². The summed E-state index contributed by atoms with van der Waals surface area (Å²) in [6, 6.07) is 12.1. The minimum atomic E-state index is 0. The van der Waals surface area contributed by atoms with Gasteiger partial charge < -0.3 is 15.2 Å². The van der Waals surface area contributed by atoms with Crippen molar-refractivity contribution >= 4 is 29.9 Å². The number of aryl methyl sites for hydroxylation is 1. The van der Waals surface area contributed by atoms with Crippen LogP contribution in [0.25, 0.3) is 5.69 Å². The number of guanidine groups is 1. The predicted octanol–water partition coefficient (Wildman–Crippen LogP) is 4.08. The van der Waals surface area contributed by atoms with E-state index in [1.54, 1.807) is 7.05 Å². The lowest BCUT2D eigenvalue weighted by atomic mass is 10.1. The summed E-state index contributed by atoms with van der Waals surface area (Å²) in [4.78, 5) is 4.29. The second-order valence-corrected chi connectivity index (χ2v) is 7.05. The van der Waals surface area contributed by atoms with E-state index in [2.05, 4.69) is 53.7 Å². The van der Waals surface area contributed by atoms with Gasteiger partial charge >= 0.3 is 0 Å². The van der Waals surface area contributed by atoms with Crippen molar-refractivity contribution in [3.8, 4) is 5.69 Å². The third-order valence-corrected chi connectivity index (χ3v) is 4.70. The minimum absolute atomic E-state index is 0. The lowest BCUT2D eigenvalue weighted by Gasteiger charge is -2.11. The smallest absolute Gasteiger partial charge is 0.191 e. The molecule has 2 aromatic heterocycles. The summed E-state index contributed by atoms with van der Waals surface area (Å²) in [5.74, 6) is 1.84. The molecule has 0 fully saturated rings. The van der Waals surface area contributed by atoms with Crippen LogP contribution in [0.5, 0.6) is 0 Å². The number of nitrogens with one attached hydrogen (secondary N) is 2. The van der Waals surface area contributed by atoms with E-state index in [1.165, 1.54) is 0 Å². The zero-order chi connectivity index (χ0) is 20.1. The molecule has 156 valence electrons. The lowest BCUT2D eigenvalue weighted by molar-refractivity contribution is 0.372. The van der Waals surface area contributed by atoms with Gasteiger partial charge in [0.05, 0.1) is 23.6 Å². The van der Waals surface area contributed by atoms with Gasteiger partial charge in [-0.05, 0) is 31.9 Å². The van der Waals surface area contributed by atoms with Crippen LogP contribution in [0.3, 0.4) is 0 Å². The molecule has 0 radical (unpaired) electrons. The number of halogens is 1. The highest BCUT2D eigenvalue weighted by molar-refractivity contribution is 14.0. The molecule has 0 atom stereocenters. The Morgan fingerprint density at radius 2 is 1.83 bits per heavy atom. The predicted molar refractivity (Wildman–Crippen MR) is 126 cm³/mol. The van der Waals surface area contributed by atoms with Gasteiger partial charge in [-0.25, -0.2) is 4.68 Å². The minimum Gasteiger partial charge on any atom is -0.359 e. The molecular formula is C21H29IN6O. The fourth-order valence-electron chi connectivity index (χ4n) is 3.00. The standard InChI is InChI=1S/C21H28N6O.HI/c1-14(2)20-11-18(28-26-20)12-23-21(22-5)24-13-19-15(3)25-27(16(19)4)17-9-7-6-8-10-17;/h6-11,14H,12-13H2,1-5H3,(H2,22,23,24);1H. The summed E-state index contributed by atoms with van der Waals surface area (Å²) in [5, 5.41) is 15.4. The number of aliphatic imine (C=N–C) groups is 1. The van der Waals surface area contributed by atoms with E-state index >= 15 is 0 Å². The van der Waals surface area contributed by atoms with Gasteiger partial charge in [0.2, 0.25) is 0 Å². The molecule has 3 aromatic rings. The highest BCUT2D eigenvalue weighted by Gasteiger charge is 2.13. The van der Waals surface area contributed by atoms with Crippen molar-refractivity contribution in [1.82, 2.24) is 25.6 Å². The van der Waals surface area contributed by atoms with E-state index < -0.39 is 0 Å². The normalized spacial score (nSPS) is 11.4. The molecule has 0 unspecified atom stereocenters. The molecule has 0 aliphatic heterocycles. The average molecular weight is 508 g/mol. The number of nitrogens with zero attached hydrogens (tertiary/aromatic N) is 4. The lowest BCUT2D eigenvalue weighted by Crippen LogP contribution is -2.36. The summed E-state index contributed by atoms with van der Waals surface area (Å²) >= 11 is 0. The molecule has 0 amide bonds. The van der Waals surface area contributed by atoms with E-state index in [9.17, 15) is 0 Å².